The lowest BCUT2D eigenvalue weighted by Gasteiger charge is -2.11. The molecule has 92 valence electrons. The van der Waals surface area contributed by atoms with Crippen LogP contribution in [0.15, 0.2) is 34.7 Å². The third-order valence-electron chi connectivity index (χ3n) is 2.62. The van der Waals surface area contributed by atoms with Gasteiger partial charge >= 0.3 is 10.3 Å². The van der Waals surface area contributed by atoms with Gasteiger partial charge in [0.2, 0.25) is 0 Å². The monoisotopic (exact) mass is 253 g/mol. The molecule has 0 N–H and O–H groups in total. The zero-order valence-corrected chi connectivity index (χ0v) is 10.3. The summed E-state index contributed by atoms with van der Waals surface area (Å²) < 4.78 is 31.9. The molecule has 17 heavy (non-hydrogen) atoms. The largest absolute Gasteiger partial charge is 0.428 e. The van der Waals surface area contributed by atoms with E-state index in [1.165, 1.54) is 0 Å². The van der Waals surface area contributed by atoms with Crippen molar-refractivity contribution in [2.75, 3.05) is 0 Å². The van der Waals surface area contributed by atoms with Crippen LogP contribution in [0.2, 0.25) is 0 Å². The van der Waals surface area contributed by atoms with Gasteiger partial charge in [0.25, 0.3) is 0 Å². The molecule has 1 aromatic rings. The molecule has 1 aliphatic carbocycles. The molecule has 1 aliphatic rings. The topological polar surface area (TPSA) is 55.7 Å². The highest BCUT2D eigenvalue weighted by Crippen LogP contribution is 2.18. The lowest BCUT2D eigenvalue weighted by molar-refractivity contribution is 0.487. The number of para-hydroxylation sites is 1. The van der Waals surface area contributed by atoms with Gasteiger partial charge in [0.1, 0.15) is 5.75 Å². The molecule has 0 saturated heterocycles. The number of nitrogens with zero attached hydrogens (tertiary/aromatic N) is 1. The van der Waals surface area contributed by atoms with Crippen LogP contribution < -0.4 is 4.18 Å². The van der Waals surface area contributed by atoms with E-state index in [-0.39, 0.29) is 0 Å². The molecule has 1 saturated carbocycles. The van der Waals surface area contributed by atoms with Crippen LogP contribution in [0, 0.1) is 0 Å². The number of hydrogen-bond donors (Lipinski definition) is 0. The number of hydrogen-bond acceptors (Lipinski definition) is 3. The first-order valence-corrected chi connectivity index (χ1v) is 7.09. The highest BCUT2D eigenvalue weighted by atomic mass is 32.2. The summed E-state index contributed by atoms with van der Waals surface area (Å²) in [6.45, 7) is 0. The van der Waals surface area contributed by atoms with Gasteiger partial charge in [-0.25, -0.2) is 0 Å². The summed E-state index contributed by atoms with van der Waals surface area (Å²) in [5.41, 5.74) is 0.729. The summed E-state index contributed by atoms with van der Waals surface area (Å²) in [5.74, 6) is 0.299. The molecule has 2 rings (SSSR count). The molecule has 0 aromatic heterocycles. The Hall–Kier alpha value is -1.36. The van der Waals surface area contributed by atoms with Crippen LogP contribution in [0.25, 0.3) is 0 Å². The maximum atomic E-state index is 11.7. The van der Waals surface area contributed by atoms with Crippen molar-refractivity contribution in [2.45, 2.75) is 32.1 Å². The van der Waals surface area contributed by atoms with E-state index in [4.69, 9.17) is 4.18 Å². The molecular formula is C12H15NO3S. The van der Waals surface area contributed by atoms with Crippen molar-refractivity contribution in [3.63, 3.8) is 0 Å². The molecule has 1 fully saturated rings. The molecule has 1 aromatic carbocycles. The van der Waals surface area contributed by atoms with Crippen LogP contribution in [0.4, 0.5) is 0 Å². The first-order valence-electron chi connectivity index (χ1n) is 5.73. The van der Waals surface area contributed by atoms with E-state index < -0.39 is 10.3 Å². The Morgan fingerprint density at radius 3 is 2.29 bits per heavy atom. The maximum absolute atomic E-state index is 11.7. The fourth-order valence-electron chi connectivity index (χ4n) is 1.83. The van der Waals surface area contributed by atoms with Crippen molar-refractivity contribution in [2.24, 2.45) is 4.40 Å². The molecule has 0 bridgehead atoms. The molecular weight excluding hydrogens is 238 g/mol. The van der Waals surface area contributed by atoms with E-state index >= 15 is 0 Å². The Morgan fingerprint density at radius 2 is 1.65 bits per heavy atom. The smallest absolute Gasteiger partial charge is 0.366 e. The molecule has 0 radical (unpaired) electrons. The van der Waals surface area contributed by atoms with Crippen LogP contribution >= 0.6 is 0 Å². The lowest BCUT2D eigenvalue weighted by atomic mass is 9.99. The summed E-state index contributed by atoms with van der Waals surface area (Å²) in [4.78, 5) is 0. The molecule has 0 heterocycles. The first kappa shape index (κ1) is 12.1. The van der Waals surface area contributed by atoms with Gasteiger partial charge in [-0.3, -0.25) is 0 Å². The summed E-state index contributed by atoms with van der Waals surface area (Å²) in [6.07, 6.45) is 4.70. The second-order valence-corrected chi connectivity index (χ2v) is 5.25. The quantitative estimate of drug-likeness (QED) is 0.832. The number of rotatable bonds is 3. The van der Waals surface area contributed by atoms with Crippen molar-refractivity contribution in [1.82, 2.24) is 0 Å². The predicted octanol–water partition coefficient (Wildman–Crippen LogP) is 2.72. The third-order valence-corrected chi connectivity index (χ3v) is 3.50. The minimum absolute atomic E-state index is 0.299. The van der Waals surface area contributed by atoms with Crippen LogP contribution in [0.3, 0.4) is 0 Å². The fraction of sp³-hybridized carbons (Fsp3) is 0.417. The summed E-state index contributed by atoms with van der Waals surface area (Å²) in [7, 11) is -3.85. The van der Waals surface area contributed by atoms with E-state index in [0.29, 0.717) is 5.75 Å². The van der Waals surface area contributed by atoms with Crippen molar-refractivity contribution in [3.05, 3.63) is 30.3 Å². The van der Waals surface area contributed by atoms with Crippen molar-refractivity contribution < 1.29 is 12.6 Å². The minimum atomic E-state index is -3.85. The van der Waals surface area contributed by atoms with Gasteiger partial charge in [0.05, 0.1) is 0 Å². The van der Waals surface area contributed by atoms with Gasteiger partial charge in [0.15, 0.2) is 0 Å². The van der Waals surface area contributed by atoms with E-state index in [9.17, 15) is 8.42 Å². The van der Waals surface area contributed by atoms with Crippen molar-refractivity contribution in [3.8, 4) is 5.75 Å². The van der Waals surface area contributed by atoms with E-state index in [1.54, 1.807) is 30.3 Å². The standard InChI is InChI=1S/C12H15NO3S/c14-17(15,13-11-7-3-1-4-8-11)16-12-9-5-2-6-10-12/h2,5-6,9-10H,1,3-4,7-8H2. The fourth-order valence-corrected chi connectivity index (χ4v) is 2.72. The highest BCUT2D eigenvalue weighted by molar-refractivity contribution is 7.85. The maximum Gasteiger partial charge on any atom is 0.428 e. The molecule has 0 aliphatic heterocycles. The van der Waals surface area contributed by atoms with Crippen molar-refractivity contribution >= 4 is 16.0 Å². The van der Waals surface area contributed by atoms with Gasteiger partial charge in [-0.1, -0.05) is 24.6 Å². The molecule has 0 amide bonds. The molecule has 0 atom stereocenters. The molecule has 0 spiro atoms. The zero-order valence-electron chi connectivity index (χ0n) is 9.50. The summed E-state index contributed by atoms with van der Waals surface area (Å²) in [6, 6.07) is 8.43. The highest BCUT2D eigenvalue weighted by Gasteiger charge is 2.14. The summed E-state index contributed by atoms with van der Waals surface area (Å²) >= 11 is 0. The Kier molecular flexibility index (Phi) is 3.78. The van der Waals surface area contributed by atoms with Gasteiger partial charge in [-0.15, -0.1) is 4.40 Å². The second kappa shape index (κ2) is 5.31. The van der Waals surface area contributed by atoms with Crippen LogP contribution in [0.1, 0.15) is 32.1 Å². The Labute approximate surface area is 102 Å². The van der Waals surface area contributed by atoms with E-state index in [1.807, 2.05) is 0 Å². The predicted molar refractivity (Wildman–Crippen MR) is 66.5 cm³/mol. The van der Waals surface area contributed by atoms with Gasteiger partial charge in [-0.2, -0.15) is 8.42 Å². The Balaban J connectivity index is 2.09. The van der Waals surface area contributed by atoms with Crippen LogP contribution in [-0.2, 0) is 10.3 Å². The van der Waals surface area contributed by atoms with E-state index in [2.05, 4.69) is 4.40 Å². The number of benzene rings is 1. The molecule has 4 nitrogen and oxygen atoms in total. The van der Waals surface area contributed by atoms with Crippen LogP contribution in [0.5, 0.6) is 5.75 Å². The van der Waals surface area contributed by atoms with E-state index in [0.717, 1.165) is 37.8 Å². The third kappa shape index (κ3) is 3.85. The van der Waals surface area contributed by atoms with Crippen LogP contribution in [-0.4, -0.2) is 14.1 Å². The normalized spacial score (nSPS) is 16.6. The molecule has 0 unspecified atom stereocenters. The lowest BCUT2D eigenvalue weighted by Crippen LogP contribution is -2.12. The second-order valence-electron chi connectivity index (χ2n) is 4.04. The van der Waals surface area contributed by atoms with Gasteiger partial charge in [0, 0.05) is 5.71 Å². The summed E-state index contributed by atoms with van der Waals surface area (Å²) in [5, 5.41) is 0. The average Bonchev–Trinajstić information content (AvgIpc) is 2.30. The zero-order chi connectivity index (χ0) is 12.1. The van der Waals surface area contributed by atoms with Gasteiger partial charge < -0.3 is 4.18 Å². The minimum Gasteiger partial charge on any atom is -0.366 e. The average molecular weight is 253 g/mol. The van der Waals surface area contributed by atoms with Gasteiger partial charge in [-0.05, 0) is 37.8 Å². The van der Waals surface area contributed by atoms with Crippen molar-refractivity contribution in [1.29, 1.82) is 0 Å². The molecule has 5 heteroatoms. The Bertz CT molecular complexity index is 486. The first-order chi connectivity index (χ1) is 8.16. The Morgan fingerprint density at radius 1 is 1.00 bits per heavy atom. The SMILES string of the molecule is O=S(=O)(N=C1CCCCC1)Oc1ccccc1.